The zero-order chi connectivity index (χ0) is 25.5. The zero-order valence-electron chi connectivity index (χ0n) is 20.1. The molecule has 1 heterocycles. The molecule has 1 fully saturated rings. The molecule has 1 aliphatic heterocycles. The molecule has 9 heteroatoms. The van der Waals surface area contributed by atoms with Crippen molar-refractivity contribution < 1.29 is 17.9 Å². The van der Waals surface area contributed by atoms with E-state index >= 15 is 0 Å². The summed E-state index contributed by atoms with van der Waals surface area (Å²) in [4.78, 5) is 12.9. The van der Waals surface area contributed by atoms with Crippen molar-refractivity contribution in [2.75, 3.05) is 26.3 Å². The van der Waals surface area contributed by atoms with E-state index in [4.69, 9.17) is 16.3 Å². The highest BCUT2D eigenvalue weighted by Crippen LogP contribution is 2.32. The van der Waals surface area contributed by atoms with E-state index in [9.17, 15) is 13.2 Å². The van der Waals surface area contributed by atoms with Gasteiger partial charge >= 0.3 is 0 Å². The second kappa shape index (κ2) is 12.0. The third-order valence-electron chi connectivity index (χ3n) is 6.16. The van der Waals surface area contributed by atoms with Gasteiger partial charge in [-0.2, -0.15) is 4.31 Å². The quantitative estimate of drug-likeness (QED) is 0.438. The molecule has 0 bridgehead atoms. The molecule has 1 atom stereocenters. The van der Waals surface area contributed by atoms with Gasteiger partial charge in [-0.25, -0.2) is 13.4 Å². The molecule has 1 N–H and O–H groups in total. The Morgan fingerprint density at radius 3 is 2.25 bits per heavy atom. The fourth-order valence-electron chi connectivity index (χ4n) is 4.21. The van der Waals surface area contributed by atoms with Gasteiger partial charge in [0.25, 0.3) is 5.91 Å². The maximum Gasteiger partial charge on any atom is 0.265 e. The average Bonchev–Trinajstić information content (AvgIpc) is 2.91. The minimum absolute atomic E-state index is 0.156. The standard InChI is InChI=1S/C27H30ClN3O4S/c1-2-26(22-12-14-24(28)15-13-22)31(36(33,34)25-6-4-3-5-7-25)20-21-8-10-23(11-9-21)27(32)29-30-16-18-35-19-17-30/h3-15,26H,2,16-20H2,1H3,(H,29,32)/t26-/m0/s1. The van der Waals surface area contributed by atoms with Gasteiger partial charge in [-0.3, -0.25) is 10.2 Å². The molecule has 3 aromatic rings. The normalized spacial score (nSPS) is 15.5. The number of rotatable bonds is 9. The molecule has 0 spiro atoms. The van der Waals surface area contributed by atoms with Crippen LogP contribution in [-0.2, 0) is 21.3 Å². The summed E-state index contributed by atoms with van der Waals surface area (Å²) in [5, 5.41) is 2.43. The lowest BCUT2D eigenvalue weighted by Gasteiger charge is -2.31. The first kappa shape index (κ1) is 26.3. The highest BCUT2D eigenvalue weighted by molar-refractivity contribution is 7.89. The monoisotopic (exact) mass is 527 g/mol. The van der Waals surface area contributed by atoms with Crippen molar-refractivity contribution in [3.05, 3.63) is 101 Å². The summed E-state index contributed by atoms with van der Waals surface area (Å²) in [6, 6.07) is 22.4. The molecule has 0 saturated carbocycles. The maximum absolute atomic E-state index is 13.8. The van der Waals surface area contributed by atoms with E-state index in [0.717, 1.165) is 11.1 Å². The Bertz CT molecular complexity index is 1250. The number of hydrogen-bond acceptors (Lipinski definition) is 5. The van der Waals surface area contributed by atoms with E-state index in [-0.39, 0.29) is 17.3 Å². The van der Waals surface area contributed by atoms with Crippen LogP contribution in [-0.4, -0.2) is 49.9 Å². The number of sulfonamides is 1. The Balaban J connectivity index is 1.60. The number of benzene rings is 3. The van der Waals surface area contributed by atoms with Gasteiger partial charge in [-0.15, -0.1) is 0 Å². The fraction of sp³-hybridized carbons (Fsp3) is 0.296. The molecule has 3 aromatic carbocycles. The van der Waals surface area contributed by atoms with E-state index in [1.54, 1.807) is 66.7 Å². The second-order valence-corrected chi connectivity index (χ2v) is 10.9. The molecule has 190 valence electrons. The van der Waals surface area contributed by atoms with Crippen LogP contribution in [0.5, 0.6) is 0 Å². The Kier molecular flexibility index (Phi) is 8.77. The van der Waals surface area contributed by atoms with Crippen LogP contribution >= 0.6 is 11.6 Å². The van der Waals surface area contributed by atoms with Crippen LogP contribution < -0.4 is 5.43 Å². The van der Waals surface area contributed by atoms with E-state index < -0.39 is 16.1 Å². The SMILES string of the molecule is CC[C@@H](c1ccc(Cl)cc1)N(Cc1ccc(C(=O)NN2CCOCC2)cc1)S(=O)(=O)c1ccccc1. The number of carbonyl (C=O) groups excluding carboxylic acids is 1. The molecule has 0 aliphatic carbocycles. The maximum atomic E-state index is 13.8. The molecule has 4 rings (SSSR count). The molecule has 1 amide bonds. The number of nitrogens with one attached hydrogen (secondary N) is 1. The third-order valence-corrected chi connectivity index (χ3v) is 8.29. The molecule has 1 aliphatic rings. The van der Waals surface area contributed by atoms with Crippen LogP contribution in [0.4, 0.5) is 0 Å². The molecule has 0 aromatic heterocycles. The lowest BCUT2D eigenvalue weighted by Crippen LogP contribution is -2.48. The van der Waals surface area contributed by atoms with Crippen molar-refractivity contribution in [2.24, 2.45) is 0 Å². The first-order valence-electron chi connectivity index (χ1n) is 11.9. The lowest BCUT2D eigenvalue weighted by atomic mass is 10.0. The predicted octanol–water partition coefficient (Wildman–Crippen LogP) is 4.66. The number of carbonyl (C=O) groups is 1. The number of amides is 1. The second-order valence-electron chi connectivity index (χ2n) is 8.58. The summed E-state index contributed by atoms with van der Waals surface area (Å²) in [6.45, 7) is 4.56. The van der Waals surface area contributed by atoms with E-state index in [1.165, 1.54) is 4.31 Å². The summed E-state index contributed by atoms with van der Waals surface area (Å²) in [5.41, 5.74) is 5.04. The highest BCUT2D eigenvalue weighted by Gasteiger charge is 2.32. The number of nitrogens with zero attached hydrogens (tertiary/aromatic N) is 2. The molecular weight excluding hydrogens is 498 g/mol. The first-order valence-corrected chi connectivity index (χ1v) is 13.8. The summed E-state index contributed by atoms with van der Waals surface area (Å²) < 4.78 is 34.4. The zero-order valence-corrected chi connectivity index (χ0v) is 21.7. The minimum Gasteiger partial charge on any atom is -0.379 e. The average molecular weight is 528 g/mol. The number of halogens is 1. The van der Waals surface area contributed by atoms with Crippen LogP contribution in [0.3, 0.4) is 0 Å². The fourth-order valence-corrected chi connectivity index (χ4v) is 6.03. The van der Waals surface area contributed by atoms with Crippen LogP contribution in [0.25, 0.3) is 0 Å². The Hall–Kier alpha value is -2.75. The van der Waals surface area contributed by atoms with Gasteiger partial charge in [-0.05, 0) is 53.9 Å². The lowest BCUT2D eigenvalue weighted by molar-refractivity contribution is 0.0126. The van der Waals surface area contributed by atoms with E-state index in [1.807, 2.05) is 24.1 Å². The number of hydrazine groups is 1. The molecule has 0 unspecified atom stereocenters. The van der Waals surface area contributed by atoms with Crippen molar-refractivity contribution in [2.45, 2.75) is 30.8 Å². The molecule has 36 heavy (non-hydrogen) atoms. The molecule has 1 saturated heterocycles. The Labute approximate surface area is 217 Å². The van der Waals surface area contributed by atoms with Gasteiger partial charge in [0.1, 0.15) is 0 Å². The van der Waals surface area contributed by atoms with Crippen molar-refractivity contribution >= 4 is 27.5 Å². The third kappa shape index (κ3) is 6.32. The van der Waals surface area contributed by atoms with Gasteiger partial charge in [0, 0.05) is 30.2 Å². The largest absolute Gasteiger partial charge is 0.379 e. The smallest absolute Gasteiger partial charge is 0.265 e. The van der Waals surface area contributed by atoms with Gasteiger partial charge < -0.3 is 4.74 Å². The van der Waals surface area contributed by atoms with Crippen LogP contribution in [0, 0.1) is 0 Å². The Morgan fingerprint density at radius 1 is 1.00 bits per heavy atom. The van der Waals surface area contributed by atoms with Gasteiger partial charge in [0.05, 0.1) is 24.2 Å². The number of morpholine rings is 1. The first-order chi connectivity index (χ1) is 17.4. The van der Waals surface area contributed by atoms with Crippen molar-refractivity contribution in [3.63, 3.8) is 0 Å². The molecular formula is C27H30ClN3O4S. The summed E-state index contributed by atoms with van der Waals surface area (Å²) in [7, 11) is -3.81. The Morgan fingerprint density at radius 2 is 1.64 bits per heavy atom. The van der Waals surface area contributed by atoms with Crippen molar-refractivity contribution in [1.29, 1.82) is 0 Å². The van der Waals surface area contributed by atoms with Gasteiger partial charge in [-0.1, -0.05) is 61.0 Å². The number of ether oxygens (including phenoxy) is 1. The topological polar surface area (TPSA) is 79.0 Å². The van der Waals surface area contributed by atoms with Crippen LogP contribution in [0.2, 0.25) is 5.02 Å². The van der Waals surface area contributed by atoms with Crippen LogP contribution in [0.1, 0.15) is 40.9 Å². The summed E-state index contributed by atoms with van der Waals surface area (Å²) in [5.74, 6) is -0.204. The van der Waals surface area contributed by atoms with Gasteiger partial charge in [0.2, 0.25) is 10.0 Å². The summed E-state index contributed by atoms with van der Waals surface area (Å²) in [6.07, 6.45) is 0.577. The minimum atomic E-state index is -3.81. The van der Waals surface area contributed by atoms with Crippen molar-refractivity contribution in [3.8, 4) is 0 Å². The van der Waals surface area contributed by atoms with Gasteiger partial charge in [0.15, 0.2) is 0 Å². The van der Waals surface area contributed by atoms with Crippen molar-refractivity contribution in [1.82, 2.24) is 14.7 Å². The summed E-state index contributed by atoms with van der Waals surface area (Å²) >= 11 is 6.08. The molecule has 7 nitrogen and oxygen atoms in total. The highest BCUT2D eigenvalue weighted by atomic mass is 35.5. The van der Waals surface area contributed by atoms with E-state index in [2.05, 4.69) is 5.43 Å². The van der Waals surface area contributed by atoms with Crippen LogP contribution in [0.15, 0.2) is 83.8 Å². The van der Waals surface area contributed by atoms with E-state index in [0.29, 0.717) is 43.3 Å². The molecule has 0 radical (unpaired) electrons. The number of hydrogen-bond donors (Lipinski definition) is 1. The predicted molar refractivity (Wildman–Crippen MR) is 140 cm³/mol.